The molecule has 1 aromatic carbocycles. The number of sulfonamides is 1. The molecule has 1 amide bonds. The Labute approximate surface area is 129 Å². The summed E-state index contributed by atoms with van der Waals surface area (Å²) in [6, 6.07) is 4.24. The third-order valence-electron chi connectivity index (χ3n) is 3.05. The van der Waals surface area contributed by atoms with Crippen molar-refractivity contribution in [1.29, 1.82) is 0 Å². The van der Waals surface area contributed by atoms with Gasteiger partial charge in [-0.3, -0.25) is 4.79 Å². The van der Waals surface area contributed by atoms with E-state index in [2.05, 4.69) is 0 Å². The average molecular weight is 329 g/mol. The summed E-state index contributed by atoms with van der Waals surface area (Å²) < 4.78 is 42.4. The Bertz CT molecular complexity index is 643. The Morgan fingerprint density at radius 1 is 1.32 bits per heavy atom. The first-order valence-corrected chi connectivity index (χ1v) is 8.50. The van der Waals surface area contributed by atoms with Gasteiger partial charge in [-0.2, -0.15) is 0 Å². The van der Waals surface area contributed by atoms with E-state index in [1.807, 2.05) is 4.72 Å². The summed E-state index contributed by atoms with van der Waals surface area (Å²) in [5, 5.41) is 0. The van der Waals surface area contributed by atoms with E-state index in [0.29, 0.717) is 31.3 Å². The van der Waals surface area contributed by atoms with E-state index in [4.69, 9.17) is 14.2 Å². The summed E-state index contributed by atoms with van der Waals surface area (Å²) in [4.78, 5) is 11.7. The number of rotatable bonds is 5. The van der Waals surface area contributed by atoms with Crippen LogP contribution >= 0.6 is 0 Å². The zero-order valence-electron chi connectivity index (χ0n) is 12.5. The Balaban J connectivity index is 2.19. The number of carbonyl (C=O) groups excluding carboxylic acids is 1. The Morgan fingerprint density at radius 3 is 2.68 bits per heavy atom. The van der Waals surface area contributed by atoms with Gasteiger partial charge < -0.3 is 14.2 Å². The van der Waals surface area contributed by atoms with Crippen molar-refractivity contribution in [3.63, 3.8) is 0 Å². The van der Waals surface area contributed by atoms with Gasteiger partial charge in [0.05, 0.1) is 18.1 Å². The smallest absolute Gasteiger partial charge is 0.264 e. The number of carbonyl (C=O) groups is 1. The van der Waals surface area contributed by atoms with Gasteiger partial charge in [-0.1, -0.05) is 0 Å². The summed E-state index contributed by atoms with van der Waals surface area (Å²) in [6.07, 6.45) is -0.125. The SMILES string of the molecule is CCO[C@H](C)C(=O)NS(=O)(=O)c1ccc2c(c1)OCCCO2. The van der Waals surface area contributed by atoms with Gasteiger partial charge in [-0.05, 0) is 26.0 Å². The van der Waals surface area contributed by atoms with Crippen LogP contribution < -0.4 is 14.2 Å². The fourth-order valence-electron chi connectivity index (χ4n) is 1.91. The van der Waals surface area contributed by atoms with E-state index < -0.39 is 22.0 Å². The number of fused-ring (bicyclic) bond motifs is 1. The molecule has 0 unspecified atom stereocenters. The molecule has 0 aromatic heterocycles. The van der Waals surface area contributed by atoms with Gasteiger partial charge in [0.2, 0.25) is 0 Å². The molecule has 8 heteroatoms. The van der Waals surface area contributed by atoms with Crippen molar-refractivity contribution in [2.24, 2.45) is 0 Å². The molecule has 0 spiro atoms. The van der Waals surface area contributed by atoms with Gasteiger partial charge >= 0.3 is 0 Å². The van der Waals surface area contributed by atoms with Gasteiger partial charge in [0.25, 0.3) is 15.9 Å². The lowest BCUT2D eigenvalue weighted by Crippen LogP contribution is -2.38. The van der Waals surface area contributed by atoms with E-state index in [9.17, 15) is 13.2 Å². The lowest BCUT2D eigenvalue weighted by atomic mass is 10.3. The largest absolute Gasteiger partial charge is 0.490 e. The van der Waals surface area contributed by atoms with Crippen molar-refractivity contribution in [2.45, 2.75) is 31.3 Å². The highest BCUT2D eigenvalue weighted by Gasteiger charge is 2.23. The molecule has 0 saturated carbocycles. The molecule has 122 valence electrons. The molecule has 0 aliphatic carbocycles. The van der Waals surface area contributed by atoms with Gasteiger partial charge in [-0.15, -0.1) is 0 Å². The molecule has 1 atom stereocenters. The third-order valence-corrected chi connectivity index (χ3v) is 4.39. The maximum Gasteiger partial charge on any atom is 0.264 e. The lowest BCUT2D eigenvalue weighted by Gasteiger charge is -2.13. The van der Waals surface area contributed by atoms with E-state index >= 15 is 0 Å². The van der Waals surface area contributed by atoms with Crippen LogP contribution in [0.2, 0.25) is 0 Å². The Kier molecular flexibility index (Phi) is 5.25. The van der Waals surface area contributed by atoms with E-state index in [1.165, 1.54) is 25.1 Å². The first-order valence-electron chi connectivity index (χ1n) is 7.02. The first kappa shape index (κ1) is 16.6. The molecule has 0 saturated heterocycles. The van der Waals surface area contributed by atoms with Crippen LogP contribution in [0.15, 0.2) is 23.1 Å². The molecule has 7 nitrogen and oxygen atoms in total. The maximum absolute atomic E-state index is 12.2. The predicted molar refractivity (Wildman–Crippen MR) is 78.5 cm³/mol. The molecule has 0 fully saturated rings. The molecule has 22 heavy (non-hydrogen) atoms. The minimum Gasteiger partial charge on any atom is -0.490 e. The third kappa shape index (κ3) is 3.89. The van der Waals surface area contributed by atoms with E-state index in [-0.39, 0.29) is 4.90 Å². The van der Waals surface area contributed by atoms with Crippen LogP contribution in [0.25, 0.3) is 0 Å². The fraction of sp³-hybridized carbons (Fsp3) is 0.500. The second-order valence-electron chi connectivity index (χ2n) is 4.73. The van der Waals surface area contributed by atoms with Crippen molar-refractivity contribution in [3.8, 4) is 11.5 Å². The minimum atomic E-state index is -3.98. The quantitative estimate of drug-likeness (QED) is 0.869. The van der Waals surface area contributed by atoms with Gasteiger partial charge in [0.15, 0.2) is 11.5 Å². The highest BCUT2D eigenvalue weighted by Crippen LogP contribution is 2.31. The second kappa shape index (κ2) is 6.97. The van der Waals surface area contributed by atoms with Gasteiger partial charge in [0.1, 0.15) is 6.10 Å². The molecule has 1 N–H and O–H groups in total. The molecule has 1 aliphatic heterocycles. The van der Waals surface area contributed by atoms with Crippen LogP contribution in [-0.2, 0) is 19.6 Å². The minimum absolute atomic E-state index is 0.0613. The molecule has 1 aliphatic rings. The molecule has 1 aromatic rings. The molecule has 2 rings (SSSR count). The van der Waals surface area contributed by atoms with Crippen molar-refractivity contribution in [2.75, 3.05) is 19.8 Å². The Hall–Kier alpha value is -1.80. The van der Waals surface area contributed by atoms with Crippen LogP contribution in [-0.4, -0.2) is 40.2 Å². The number of hydrogen-bond donors (Lipinski definition) is 1. The van der Waals surface area contributed by atoms with Gasteiger partial charge in [0, 0.05) is 19.1 Å². The highest BCUT2D eigenvalue weighted by molar-refractivity contribution is 7.90. The summed E-state index contributed by atoms with van der Waals surface area (Å²) in [7, 11) is -3.98. The lowest BCUT2D eigenvalue weighted by molar-refractivity contribution is -0.129. The number of ether oxygens (including phenoxy) is 3. The summed E-state index contributed by atoms with van der Waals surface area (Å²) in [5.74, 6) is 0.130. The number of hydrogen-bond acceptors (Lipinski definition) is 6. The number of benzene rings is 1. The molecular formula is C14H19NO6S. The molecule has 0 radical (unpaired) electrons. The zero-order valence-corrected chi connectivity index (χ0v) is 13.3. The topological polar surface area (TPSA) is 90.9 Å². The fourth-order valence-corrected chi connectivity index (χ4v) is 2.97. The monoisotopic (exact) mass is 329 g/mol. The predicted octanol–water partition coefficient (Wildman–Crippen LogP) is 1.08. The van der Waals surface area contributed by atoms with Crippen molar-refractivity contribution in [3.05, 3.63) is 18.2 Å². The summed E-state index contributed by atoms with van der Waals surface area (Å²) in [5.41, 5.74) is 0. The zero-order chi connectivity index (χ0) is 16.2. The standard InChI is InChI=1S/C14H19NO6S/c1-3-19-10(2)14(16)15-22(17,18)11-5-6-12-13(9-11)21-8-4-7-20-12/h5-6,9-10H,3-4,7-8H2,1-2H3,(H,15,16)/t10-/m1/s1. The van der Waals surface area contributed by atoms with Crippen molar-refractivity contribution < 1.29 is 27.4 Å². The molecule has 0 bridgehead atoms. The normalized spacial score (nSPS) is 15.7. The highest BCUT2D eigenvalue weighted by atomic mass is 32.2. The number of nitrogens with one attached hydrogen (secondary N) is 1. The van der Waals surface area contributed by atoms with E-state index in [1.54, 1.807) is 6.92 Å². The van der Waals surface area contributed by atoms with Crippen LogP contribution in [0.1, 0.15) is 20.3 Å². The van der Waals surface area contributed by atoms with Crippen molar-refractivity contribution in [1.82, 2.24) is 4.72 Å². The van der Waals surface area contributed by atoms with Crippen LogP contribution in [0, 0.1) is 0 Å². The van der Waals surface area contributed by atoms with Crippen LogP contribution in [0.3, 0.4) is 0 Å². The number of amides is 1. The maximum atomic E-state index is 12.2. The summed E-state index contributed by atoms with van der Waals surface area (Å²) in [6.45, 7) is 4.50. The van der Waals surface area contributed by atoms with Gasteiger partial charge in [-0.25, -0.2) is 13.1 Å². The first-order chi connectivity index (χ1) is 10.4. The second-order valence-corrected chi connectivity index (χ2v) is 6.41. The summed E-state index contributed by atoms with van der Waals surface area (Å²) >= 11 is 0. The van der Waals surface area contributed by atoms with Crippen molar-refractivity contribution >= 4 is 15.9 Å². The van der Waals surface area contributed by atoms with E-state index in [0.717, 1.165) is 6.42 Å². The average Bonchev–Trinajstić information content (AvgIpc) is 2.71. The Morgan fingerprint density at radius 2 is 2.00 bits per heavy atom. The molecular weight excluding hydrogens is 310 g/mol. The van der Waals surface area contributed by atoms with Crippen LogP contribution in [0.4, 0.5) is 0 Å². The van der Waals surface area contributed by atoms with Crippen LogP contribution in [0.5, 0.6) is 11.5 Å². The molecule has 1 heterocycles.